The predicted octanol–water partition coefficient (Wildman–Crippen LogP) is 2.47. The summed E-state index contributed by atoms with van der Waals surface area (Å²) in [4.78, 5) is 14.5. The van der Waals surface area contributed by atoms with Crippen LogP contribution in [0.1, 0.15) is 11.1 Å². The lowest BCUT2D eigenvalue weighted by molar-refractivity contribution is -0.885. The molecule has 0 aliphatic rings. The van der Waals surface area contributed by atoms with Crippen LogP contribution >= 0.6 is 23.5 Å². The first-order valence-electron chi connectivity index (χ1n) is 8.50. The zero-order chi connectivity index (χ0) is 17.9. The van der Waals surface area contributed by atoms with E-state index in [-0.39, 0.29) is 5.91 Å². The molecular formula is C20H27N2OS2+. The van der Waals surface area contributed by atoms with Crippen LogP contribution in [0.4, 0.5) is 0 Å². The highest BCUT2D eigenvalue weighted by atomic mass is 32.2. The predicted molar refractivity (Wildman–Crippen MR) is 109 cm³/mol. The molecule has 0 saturated heterocycles. The van der Waals surface area contributed by atoms with E-state index in [1.54, 1.807) is 11.8 Å². The quantitative estimate of drug-likeness (QED) is 0.494. The molecule has 0 heterocycles. The Morgan fingerprint density at radius 2 is 1.76 bits per heavy atom. The Kier molecular flexibility index (Phi) is 8.94. The van der Waals surface area contributed by atoms with Crippen LogP contribution in [0.25, 0.3) is 0 Å². The number of likely N-dealkylation sites (N-methyl/N-ethyl adjacent to an activating group) is 1. The number of thioether (sulfide) groups is 2. The van der Waals surface area contributed by atoms with Gasteiger partial charge in [-0.05, 0) is 24.0 Å². The van der Waals surface area contributed by atoms with E-state index in [9.17, 15) is 4.79 Å². The van der Waals surface area contributed by atoms with Crippen LogP contribution in [0.2, 0.25) is 0 Å². The molecule has 0 radical (unpaired) electrons. The van der Waals surface area contributed by atoms with Gasteiger partial charge in [0.2, 0.25) is 0 Å². The molecular weight excluding hydrogens is 348 g/mol. The maximum Gasteiger partial charge on any atom is 0.275 e. The Morgan fingerprint density at radius 1 is 1.04 bits per heavy atom. The van der Waals surface area contributed by atoms with Gasteiger partial charge in [0, 0.05) is 28.5 Å². The molecule has 25 heavy (non-hydrogen) atoms. The van der Waals surface area contributed by atoms with Crippen molar-refractivity contribution < 1.29 is 9.69 Å². The molecule has 0 spiro atoms. The largest absolute Gasteiger partial charge is 0.350 e. The fourth-order valence-electron chi connectivity index (χ4n) is 2.52. The standard InChI is InChI=1S/C20H26N2OS2/c1-22(14-17-8-10-19(24-2)11-9-17)15-20(23)21-12-13-25-16-18-6-4-3-5-7-18/h3-11H,12-16H2,1-2H3,(H,21,23)/p+1. The monoisotopic (exact) mass is 375 g/mol. The maximum atomic E-state index is 12.0. The van der Waals surface area contributed by atoms with Crippen molar-refractivity contribution in [1.29, 1.82) is 0 Å². The molecule has 1 unspecified atom stereocenters. The molecule has 3 nitrogen and oxygen atoms in total. The van der Waals surface area contributed by atoms with Crippen LogP contribution in [-0.4, -0.2) is 38.1 Å². The Balaban J connectivity index is 1.59. The summed E-state index contributed by atoms with van der Waals surface area (Å²) >= 11 is 3.60. The first-order valence-corrected chi connectivity index (χ1v) is 10.9. The van der Waals surface area contributed by atoms with Gasteiger partial charge >= 0.3 is 0 Å². The van der Waals surface area contributed by atoms with Gasteiger partial charge in [-0.25, -0.2) is 0 Å². The molecule has 2 aromatic carbocycles. The van der Waals surface area contributed by atoms with E-state index < -0.39 is 0 Å². The van der Waals surface area contributed by atoms with E-state index in [0.29, 0.717) is 6.54 Å². The van der Waals surface area contributed by atoms with Crippen molar-refractivity contribution in [1.82, 2.24) is 5.32 Å². The second kappa shape index (κ2) is 11.2. The highest BCUT2D eigenvalue weighted by molar-refractivity contribution is 7.98. The van der Waals surface area contributed by atoms with Crippen molar-refractivity contribution in [2.45, 2.75) is 17.2 Å². The van der Waals surface area contributed by atoms with Crippen LogP contribution < -0.4 is 10.2 Å². The molecule has 1 atom stereocenters. The minimum atomic E-state index is 0.124. The third kappa shape index (κ3) is 7.99. The molecule has 1 amide bonds. The summed E-state index contributed by atoms with van der Waals surface area (Å²) in [6, 6.07) is 19.0. The van der Waals surface area contributed by atoms with Gasteiger partial charge in [-0.3, -0.25) is 4.79 Å². The number of hydrogen-bond donors (Lipinski definition) is 2. The number of carbonyl (C=O) groups is 1. The Bertz CT molecular complexity index is 632. The average Bonchev–Trinajstić information content (AvgIpc) is 2.63. The van der Waals surface area contributed by atoms with Crippen molar-refractivity contribution >= 4 is 29.4 Å². The number of carbonyl (C=O) groups excluding carboxylic acids is 1. The van der Waals surface area contributed by atoms with Crippen LogP contribution in [0.3, 0.4) is 0 Å². The van der Waals surface area contributed by atoms with Crippen LogP contribution in [0.5, 0.6) is 0 Å². The van der Waals surface area contributed by atoms with E-state index in [1.165, 1.54) is 20.9 Å². The van der Waals surface area contributed by atoms with E-state index in [1.807, 2.05) is 17.8 Å². The van der Waals surface area contributed by atoms with Gasteiger partial charge in [-0.15, -0.1) is 11.8 Å². The number of rotatable bonds is 10. The van der Waals surface area contributed by atoms with Gasteiger partial charge in [-0.1, -0.05) is 42.5 Å². The zero-order valence-electron chi connectivity index (χ0n) is 15.0. The highest BCUT2D eigenvalue weighted by Gasteiger charge is 2.10. The molecule has 0 saturated carbocycles. The molecule has 5 heteroatoms. The number of amides is 1. The van der Waals surface area contributed by atoms with Crippen molar-refractivity contribution in [2.75, 3.05) is 32.1 Å². The third-order valence-corrected chi connectivity index (χ3v) is 5.58. The third-order valence-electron chi connectivity index (χ3n) is 3.81. The molecule has 0 aromatic heterocycles. The van der Waals surface area contributed by atoms with Crippen molar-refractivity contribution in [3.05, 3.63) is 65.7 Å². The Labute approximate surface area is 159 Å². The smallest absolute Gasteiger partial charge is 0.275 e. The first-order chi connectivity index (χ1) is 12.2. The summed E-state index contributed by atoms with van der Waals surface area (Å²) in [5.74, 6) is 2.06. The molecule has 0 fully saturated rings. The summed E-state index contributed by atoms with van der Waals surface area (Å²) < 4.78 is 0. The van der Waals surface area contributed by atoms with Gasteiger partial charge in [0.15, 0.2) is 6.54 Å². The second-order valence-electron chi connectivity index (χ2n) is 6.05. The summed E-state index contributed by atoms with van der Waals surface area (Å²) in [6.07, 6.45) is 2.08. The number of nitrogens with one attached hydrogen (secondary N) is 2. The van der Waals surface area contributed by atoms with Crippen LogP contribution in [0.15, 0.2) is 59.5 Å². The second-order valence-corrected chi connectivity index (χ2v) is 8.03. The average molecular weight is 376 g/mol. The van der Waals surface area contributed by atoms with E-state index in [2.05, 4.69) is 67.2 Å². The normalized spacial score (nSPS) is 11.9. The fourth-order valence-corrected chi connectivity index (χ4v) is 3.74. The van der Waals surface area contributed by atoms with Gasteiger partial charge in [0.1, 0.15) is 6.54 Å². The Morgan fingerprint density at radius 3 is 2.44 bits per heavy atom. The molecule has 0 aliphatic heterocycles. The van der Waals surface area contributed by atoms with Gasteiger partial charge in [-0.2, -0.15) is 11.8 Å². The number of hydrogen-bond acceptors (Lipinski definition) is 3. The minimum absolute atomic E-state index is 0.124. The molecule has 134 valence electrons. The summed E-state index contributed by atoms with van der Waals surface area (Å²) in [5, 5.41) is 3.02. The number of quaternary nitrogens is 1. The molecule has 0 bridgehead atoms. The van der Waals surface area contributed by atoms with Crippen molar-refractivity contribution in [3.8, 4) is 0 Å². The molecule has 2 aromatic rings. The minimum Gasteiger partial charge on any atom is -0.350 e. The first kappa shape index (κ1) is 19.9. The van der Waals surface area contributed by atoms with Crippen molar-refractivity contribution in [2.24, 2.45) is 0 Å². The summed E-state index contributed by atoms with van der Waals surface area (Å²) in [7, 11) is 2.06. The van der Waals surface area contributed by atoms with E-state index in [4.69, 9.17) is 0 Å². The summed E-state index contributed by atoms with van der Waals surface area (Å²) in [6.45, 7) is 2.10. The highest BCUT2D eigenvalue weighted by Crippen LogP contribution is 2.14. The van der Waals surface area contributed by atoms with E-state index >= 15 is 0 Å². The lowest BCUT2D eigenvalue weighted by Gasteiger charge is -2.14. The van der Waals surface area contributed by atoms with Crippen LogP contribution in [0, 0.1) is 0 Å². The lowest BCUT2D eigenvalue weighted by Crippen LogP contribution is -3.08. The van der Waals surface area contributed by atoms with Crippen molar-refractivity contribution in [3.63, 3.8) is 0 Å². The van der Waals surface area contributed by atoms with Gasteiger partial charge in [0.25, 0.3) is 5.91 Å². The van der Waals surface area contributed by atoms with Crippen LogP contribution in [-0.2, 0) is 17.1 Å². The fraction of sp³-hybridized carbons (Fsp3) is 0.350. The number of benzene rings is 2. The SMILES string of the molecule is CSc1ccc(C[NH+](C)CC(=O)NCCSCc2ccccc2)cc1. The Hall–Kier alpha value is -1.43. The molecule has 2 rings (SSSR count). The van der Waals surface area contributed by atoms with E-state index in [0.717, 1.165) is 24.6 Å². The topological polar surface area (TPSA) is 33.5 Å². The molecule has 2 N–H and O–H groups in total. The molecule has 0 aliphatic carbocycles. The van der Waals surface area contributed by atoms with Gasteiger partial charge < -0.3 is 10.2 Å². The lowest BCUT2D eigenvalue weighted by atomic mass is 10.2. The zero-order valence-corrected chi connectivity index (χ0v) is 16.6. The maximum absolute atomic E-state index is 12.0. The van der Waals surface area contributed by atoms with Gasteiger partial charge in [0.05, 0.1) is 7.05 Å². The summed E-state index contributed by atoms with van der Waals surface area (Å²) in [5.41, 5.74) is 2.59.